The zero-order valence-electron chi connectivity index (χ0n) is 9.43. The van der Waals surface area contributed by atoms with Crippen LogP contribution in [0.2, 0.25) is 0 Å². The number of rotatable bonds is 5. The molecule has 1 unspecified atom stereocenters. The van der Waals surface area contributed by atoms with Gasteiger partial charge in [-0.3, -0.25) is 4.79 Å². The van der Waals surface area contributed by atoms with E-state index < -0.39 is 12.0 Å². The first-order valence-corrected chi connectivity index (χ1v) is 7.14. The quantitative estimate of drug-likeness (QED) is 0.815. The van der Waals surface area contributed by atoms with Gasteiger partial charge in [0.15, 0.2) is 0 Å². The lowest BCUT2D eigenvalue weighted by molar-refractivity contribution is -0.141. The summed E-state index contributed by atoms with van der Waals surface area (Å²) in [7, 11) is 0. The van der Waals surface area contributed by atoms with Crippen molar-refractivity contribution in [3.63, 3.8) is 0 Å². The van der Waals surface area contributed by atoms with Gasteiger partial charge in [0.05, 0.1) is 3.79 Å². The minimum atomic E-state index is -0.960. The van der Waals surface area contributed by atoms with Crippen LogP contribution in [-0.4, -0.2) is 23.0 Å². The summed E-state index contributed by atoms with van der Waals surface area (Å²) in [5.74, 6) is -1.23. The molecule has 1 aliphatic rings. The molecule has 18 heavy (non-hydrogen) atoms. The van der Waals surface area contributed by atoms with E-state index in [4.69, 9.17) is 5.11 Å². The number of halogens is 1. The predicted octanol–water partition coefficient (Wildman–Crippen LogP) is 2.50. The lowest BCUT2D eigenvalue weighted by Gasteiger charge is -2.11. The second-order valence-corrected chi connectivity index (χ2v) is 6.63. The van der Waals surface area contributed by atoms with Crippen LogP contribution in [0.5, 0.6) is 0 Å². The van der Waals surface area contributed by atoms with Gasteiger partial charge in [0.1, 0.15) is 6.04 Å². The Labute approximate surface area is 117 Å². The molecule has 0 aromatic carbocycles. The Morgan fingerprint density at radius 3 is 2.72 bits per heavy atom. The molecule has 6 heteroatoms. The van der Waals surface area contributed by atoms with Crippen molar-refractivity contribution < 1.29 is 14.7 Å². The second-order valence-electron chi connectivity index (χ2n) is 4.14. The second kappa shape index (κ2) is 5.67. The Kier molecular flexibility index (Phi) is 4.19. The SMILES string of the molecule is O=C(C=Cc1ccc(Br)s1)NC(C(=O)O)C1CC1. The van der Waals surface area contributed by atoms with Crippen molar-refractivity contribution in [1.82, 2.24) is 5.32 Å². The molecule has 2 rings (SSSR count). The first-order chi connectivity index (χ1) is 8.56. The fourth-order valence-corrected chi connectivity index (χ4v) is 2.91. The van der Waals surface area contributed by atoms with E-state index in [1.165, 1.54) is 17.4 Å². The molecule has 0 spiro atoms. The zero-order chi connectivity index (χ0) is 13.1. The third kappa shape index (κ3) is 3.68. The van der Waals surface area contributed by atoms with Crippen molar-refractivity contribution in [3.8, 4) is 0 Å². The molecular formula is C12H12BrNO3S. The van der Waals surface area contributed by atoms with Crippen LogP contribution < -0.4 is 5.32 Å². The largest absolute Gasteiger partial charge is 0.480 e. The zero-order valence-corrected chi connectivity index (χ0v) is 11.8. The smallest absolute Gasteiger partial charge is 0.326 e. The maximum Gasteiger partial charge on any atom is 0.326 e. The standard InChI is InChI=1S/C12H12BrNO3S/c13-9-5-3-8(18-9)4-6-10(15)14-11(12(16)17)7-1-2-7/h3-7,11H,1-2H2,(H,14,15)(H,16,17). The molecule has 1 aromatic heterocycles. The Balaban J connectivity index is 1.91. The molecule has 1 aromatic rings. The van der Waals surface area contributed by atoms with E-state index in [9.17, 15) is 9.59 Å². The van der Waals surface area contributed by atoms with Crippen molar-refractivity contribution in [1.29, 1.82) is 0 Å². The number of thiophene rings is 1. The minimum absolute atomic E-state index is 0.0933. The van der Waals surface area contributed by atoms with E-state index in [0.29, 0.717) is 0 Å². The number of carboxylic acid groups (broad SMARTS) is 1. The number of carboxylic acids is 1. The highest BCUT2D eigenvalue weighted by Gasteiger charge is 2.36. The third-order valence-corrected chi connectivity index (χ3v) is 4.24. The van der Waals surface area contributed by atoms with Crippen LogP contribution in [0, 0.1) is 5.92 Å². The Bertz CT molecular complexity index is 493. The van der Waals surface area contributed by atoms with Crippen LogP contribution in [0.1, 0.15) is 17.7 Å². The molecule has 96 valence electrons. The normalized spacial score (nSPS) is 16.7. The highest BCUT2D eigenvalue weighted by atomic mass is 79.9. The number of carbonyl (C=O) groups is 2. The number of amides is 1. The third-order valence-electron chi connectivity index (χ3n) is 2.65. The summed E-state index contributed by atoms with van der Waals surface area (Å²) in [6.07, 6.45) is 4.80. The van der Waals surface area contributed by atoms with E-state index in [1.807, 2.05) is 12.1 Å². The van der Waals surface area contributed by atoms with Gasteiger partial charge in [-0.2, -0.15) is 0 Å². The van der Waals surface area contributed by atoms with E-state index in [-0.39, 0.29) is 11.8 Å². The van der Waals surface area contributed by atoms with Gasteiger partial charge in [0, 0.05) is 11.0 Å². The van der Waals surface area contributed by atoms with Crippen molar-refractivity contribution in [2.75, 3.05) is 0 Å². The summed E-state index contributed by atoms with van der Waals surface area (Å²) < 4.78 is 0.990. The Hall–Kier alpha value is -1.14. The van der Waals surface area contributed by atoms with Crippen molar-refractivity contribution in [2.24, 2.45) is 5.92 Å². The van der Waals surface area contributed by atoms with Crippen LogP contribution in [0.4, 0.5) is 0 Å². The summed E-state index contributed by atoms with van der Waals surface area (Å²) in [5.41, 5.74) is 0. The van der Waals surface area contributed by atoms with Gasteiger partial charge < -0.3 is 10.4 Å². The fourth-order valence-electron chi connectivity index (χ4n) is 1.59. The van der Waals surface area contributed by atoms with Crippen molar-refractivity contribution in [2.45, 2.75) is 18.9 Å². The molecule has 1 fully saturated rings. The van der Waals surface area contributed by atoms with E-state index in [0.717, 1.165) is 21.5 Å². The van der Waals surface area contributed by atoms with Crippen LogP contribution in [-0.2, 0) is 9.59 Å². The number of hydrogen-bond donors (Lipinski definition) is 2. The Morgan fingerprint density at radius 2 is 2.22 bits per heavy atom. The summed E-state index contributed by atoms with van der Waals surface area (Å²) in [5, 5.41) is 11.5. The molecule has 0 bridgehead atoms. The average Bonchev–Trinajstić information content (AvgIpc) is 3.06. The van der Waals surface area contributed by atoms with Gasteiger partial charge in [0.2, 0.25) is 5.91 Å². The fraction of sp³-hybridized carbons (Fsp3) is 0.333. The van der Waals surface area contributed by atoms with E-state index >= 15 is 0 Å². The highest BCUT2D eigenvalue weighted by Crippen LogP contribution is 2.32. The summed E-state index contributed by atoms with van der Waals surface area (Å²) in [6.45, 7) is 0. The van der Waals surface area contributed by atoms with E-state index in [2.05, 4.69) is 21.2 Å². The minimum Gasteiger partial charge on any atom is -0.480 e. The maximum atomic E-state index is 11.6. The number of nitrogens with one attached hydrogen (secondary N) is 1. The lowest BCUT2D eigenvalue weighted by atomic mass is 10.2. The molecule has 1 amide bonds. The summed E-state index contributed by atoms with van der Waals surface area (Å²) in [4.78, 5) is 23.5. The van der Waals surface area contributed by atoms with Gasteiger partial charge in [-0.15, -0.1) is 11.3 Å². The first kappa shape index (κ1) is 13.3. The summed E-state index contributed by atoms with van der Waals surface area (Å²) >= 11 is 4.84. The Morgan fingerprint density at radius 1 is 1.50 bits per heavy atom. The molecule has 1 saturated carbocycles. The highest BCUT2D eigenvalue weighted by molar-refractivity contribution is 9.11. The van der Waals surface area contributed by atoms with Crippen LogP contribution in [0.3, 0.4) is 0 Å². The van der Waals surface area contributed by atoms with Crippen molar-refractivity contribution in [3.05, 3.63) is 26.9 Å². The van der Waals surface area contributed by atoms with Crippen molar-refractivity contribution >= 4 is 45.2 Å². The van der Waals surface area contributed by atoms with Crippen LogP contribution in [0.15, 0.2) is 22.0 Å². The molecule has 1 aliphatic carbocycles. The molecule has 1 atom stereocenters. The maximum absolute atomic E-state index is 11.6. The molecule has 2 N–H and O–H groups in total. The number of hydrogen-bond acceptors (Lipinski definition) is 3. The molecule has 1 heterocycles. The van der Waals surface area contributed by atoms with E-state index in [1.54, 1.807) is 6.08 Å². The molecule has 0 saturated heterocycles. The van der Waals surface area contributed by atoms with Gasteiger partial charge >= 0.3 is 5.97 Å². The summed E-state index contributed by atoms with van der Waals surface area (Å²) in [6, 6.07) is 3.03. The molecule has 4 nitrogen and oxygen atoms in total. The van der Waals surface area contributed by atoms with Gasteiger partial charge in [-0.1, -0.05) is 0 Å². The van der Waals surface area contributed by atoms with Crippen LogP contribution in [0.25, 0.3) is 6.08 Å². The number of aliphatic carboxylic acids is 1. The monoisotopic (exact) mass is 329 g/mol. The van der Waals surface area contributed by atoms with Crippen LogP contribution >= 0.6 is 27.3 Å². The topological polar surface area (TPSA) is 66.4 Å². The number of carbonyl (C=O) groups excluding carboxylic acids is 1. The van der Waals surface area contributed by atoms with Gasteiger partial charge in [-0.05, 0) is 52.9 Å². The molecule has 0 radical (unpaired) electrons. The predicted molar refractivity (Wildman–Crippen MR) is 73.3 cm³/mol. The van der Waals surface area contributed by atoms with Gasteiger partial charge in [-0.25, -0.2) is 4.79 Å². The molecular weight excluding hydrogens is 318 g/mol. The average molecular weight is 330 g/mol. The first-order valence-electron chi connectivity index (χ1n) is 5.53. The molecule has 0 aliphatic heterocycles. The lowest BCUT2D eigenvalue weighted by Crippen LogP contribution is -2.41. The van der Waals surface area contributed by atoms with Gasteiger partial charge in [0.25, 0.3) is 0 Å².